The lowest BCUT2D eigenvalue weighted by molar-refractivity contribution is -0.156. The molecule has 8 rings (SSSR count). The molecule has 1 fully saturated rings. The van der Waals surface area contributed by atoms with Gasteiger partial charge in [-0.2, -0.15) is 0 Å². The number of carbonyl (C=O) groups excluding carboxylic acids is 1. The monoisotopic (exact) mass is 798 g/mol. The van der Waals surface area contributed by atoms with Crippen molar-refractivity contribution < 1.29 is 38.3 Å². The van der Waals surface area contributed by atoms with Crippen LogP contribution in [0.4, 0.5) is 9.41 Å². The number of benzene rings is 4. The van der Waals surface area contributed by atoms with Crippen LogP contribution < -0.4 is 21.4 Å². The largest absolute Gasteiger partial charge is 0.506 e. The van der Waals surface area contributed by atoms with Crippen LogP contribution in [-0.2, 0) is 28.0 Å². The molecule has 58 heavy (non-hydrogen) atoms. The van der Waals surface area contributed by atoms with Crippen LogP contribution in [0.5, 0.6) is 17.2 Å². The maximum atomic E-state index is 13.9. The number of phenolic OH excluding ortho intramolecular Hbond substituents is 1. The van der Waals surface area contributed by atoms with Crippen molar-refractivity contribution in [2.75, 3.05) is 20.1 Å². The predicted molar refractivity (Wildman–Crippen MR) is 217 cm³/mol. The number of pyridine rings is 1. The molecule has 4 N–H and O–H groups in total. The summed E-state index contributed by atoms with van der Waals surface area (Å²) < 4.78 is 19.7. The highest BCUT2D eigenvalue weighted by Crippen LogP contribution is 2.49. The second kappa shape index (κ2) is 17.3. The molecule has 0 saturated heterocycles. The second-order valence-corrected chi connectivity index (χ2v) is 15.1. The van der Waals surface area contributed by atoms with Crippen LogP contribution >= 0.6 is 0 Å². The number of nitrogens with zero attached hydrogens (tertiary/aromatic N) is 2. The highest BCUT2D eigenvalue weighted by molar-refractivity contribution is 5.90. The predicted octanol–water partition coefficient (Wildman–Crippen LogP) is 6.56. The quantitative estimate of drug-likeness (QED) is 0.100. The molecule has 306 valence electrons. The molecule has 0 amide bonds. The number of esters is 1. The van der Waals surface area contributed by atoms with Crippen molar-refractivity contribution in [2.24, 2.45) is 0 Å². The number of aromatic amines is 1. The molecular weight excluding hydrogens is 750 g/mol. The molecule has 0 bridgehead atoms. The summed E-state index contributed by atoms with van der Waals surface area (Å²) in [4.78, 5) is 43.5. The number of aromatic hydroxyl groups is 1. The summed E-state index contributed by atoms with van der Waals surface area (Å²) in [6.07, 6.45) is 3.12. The number of phenols is 1. The van der Waals surface area contributed by atoms with Crippen LogP contribution in [0.25, 0.3) is 22.0 Å². The summed E-state index contributed by atoms with van der Waals surface area (Å²) in [7, 11) is 2.12. The number of H-pyrrole nitrogens is 1. The lowest BCUT2D eigenvalue weighted by Gasteiger charge is -2.38. The lowest BCUT2D eigenvalue weighted by Crippen LogP contribution is -2.42. The van der Waals surface area contributed by atoms with Gasteiger partial charge in [0.05, 0.1) is 17.1 Å². The van der Waals surface area contributed by atoms with E-state index in [1.807, 2.05) is 73.7 Å². The van der Waals surface area contributed by atoms with E-state index in [9.17, 15) is 24.6 Å². The van der Waals surface area contributed by atoms with Gasteiger partial charge < -0.3 is 39.3 Å². The Morgan fingerprint density at radius 3 is 2.36 bits per heavy atom. The van der Waals surface area contributed by atoms with Gasteiger partial charge in [-0.15, -0.1) is 0 Å². The number of nitrogens with one attached hydrogen (secondary N) is 2. The Balaban J connectivity index is 0.00000283. The van der Waals surface area contributed by atoms with Crippen molar-refractivity contribution in [3.05, 3.63) is 134 Å². The van der Waals surface area contributed by atoms with Crippen molar-refractivity contribution in [3.63, 3.8) is 0 Å². The molecule has 6 aromatic rings. The fourth-order valence-electron chi connectivity index (χ4n) is 8.40. The summed E-state index contributed by atoms with van der Waals surface area (Å²) in [5.74, 6) is 0.643. The van der Waals surface area contributed by atoms with Gasteiger partial charge in [0, 0.05) is 48.3 Å². The Kier molecular flexibility index (Phi) is 12.5. The van der Waals surface area contributed by atoms with E-state index in [4.69, 9.17) is 13.9 Å². The van der Waals surface area contributed by atoms with Gasteiger partial charge in [0.2, 0.25) is 5.56 Å². The zero-order chi connectivity index (χ0) is 39.0. The van der Waals surface area contributed by atoms with Crippen LogP contribution in [0, 0.1) is 0 Å². The fourth-order valence-corrected chi connectivity index (χ4v) is 8.40. The number of halogens is 2. The molecule has 1 saturated carbocycles. The zero-order valence-corrected chi connectivity index (χ0v) is 32.3. The Morgan fingerprint density at radius 2 is 1.66 bits per heavy atom. The Labute approximate surface area is 332 Å². The van der Waals surface area contributed by atoms with Crippen LogP contribution in [0.2, 0.25) is 0 Å². The first-order chi connectivity index (χ1) is 27.1. The van der Waals surface area contributed by atoms with Crippen molar-refractivity contribution in [2.45, 2.75) is 75.8 Å². The molecule has 3 heterocycles. The van der Waals surface area contributed by atoms with Gasteiger partial charge in [-0.05, 0) is 100 Å². The number of fused-ring (bicyclic) bond motifs is 4. The molecule has 2 aromatic heterocycles. The van der Waals surface area contributed by atoms with Crippen LogP contribution in [0.3, 0.4) is 0 Å². The van der Waals surface area contributed by atoms with E-state index in [2.05, 4.69) is 22.2 Å². The Bertz CT molecular complexity index is 2480. The van der Waals surface area contributed by atoms with E-state index >= 15 is 0 Å². The number of para-hydroxylation sites is 2. The van der Waals surface area contributed by atoms with Gasteiger partial charge in [-0.1, -0.05) is 48.5 Å². The number of aliphatic hydroxyl groups is 1. The minimum absolute atomic E-state index is 0. The number of aliphatic hydroxyl groups excluding tert-OH is 1. The minimum Gasteiger partial charge on any atom is -0.506 e. The molecule has 1 atom stereocenters. The number of aromatic nitrogens is 2. The van der Waals surface area contributed by atoms with Crippen molar-refractivity contribution in [1.82, 2.24) is 19.8 Å². The molecule has 0 radical (unpaired) electrons. The normalized spacial score (nSPS) is 17.4. The topological polar surface area (TPSA) is 159 Å². The van der Waals surface area contributed by atoms with E-state index in [1.165, 1.54) is 12.1 Å². The van der Waals surface area contributed by atoms with E-state index in [0.29, 0.717) is 47.2 Å². The van der Waals surface area contributed by atoms with E-state index in [-0.39, 0.29) is 44.9 Å². The summed E-state index contributed by atoms with van der Waals surface area (Å²) in [5, 5.41) is 24.9. The van der Waals surface area contributed by atoms with Gasteiger partial charge in [0.25, 0.3) is 0 Å². The van der Waals surface area contributed by atoms with Crippen molar-refractivity contribution in [1.29, 1.82) is 0 Å². The maximum Gasteiger partial charge on any atom is 0.419 e. The van der Waals surface area contributed by atoms with Gasteiger partial charge in [0.15, 0.2) is 5.58 Å². The molecule has 12 nitrogen and oxygen atoms in total. The number of oxazole rings is 1. The van der Waals surface area contributed by atoms with Crippen LogP contribution in [-0.4, -0.2) is 62.9 Å². The van der Waals surface area contributed by atoms with E-state index in [0.717, 1.165) is 60.9 Å². The third-order valence-corrected chi connectivity index (χ3v) is 11.6. The number of hydrogen-bond acceptors (Lipinski definition) is 10. The third kappa shape index (κ3) is 8.00. The number of carbonyl (C=O) groups is 1. The van der Waals surface area contributed by atoms with Gasteiger partial charge in [-0.25, -0.2) is 4.79 Å². The highest BCUT2D eigenvalue weighted by Gasteiger charge is 2.46. The summed E-state index contributed by atoms with van der Waals surface area (Å²) >= 11 is 0. The summed E-state index contributed by atoms with van der Waals surface area (Å²) in [6, 6.07) is 27.4. The number of ether oxygens (including phenoxy) is 2. The van der Waals surface area contributed by atoms with Gasteiger partial charge in [-0.3, -0.25) is 23.6 Å². The highest BCUT2D eigenvalue weighted by atomic mass is 19.0. The van der Waals surface area contributed by atoms with Gasteiger partial charge >= 0.3 is 11.7 Å². The maximum absolute atomic E-state index is 13.9. The molecule has 2 aliphatic rings. The standard InChI is InChI=1S/C44H46N4O8.2FH/c1-44(32-8-3-5-10-37(32)55-38-11-6-4-9-33(38)44)42(52)54-29-15-13-28(14-16-29)47(2)22-7-23-48-34-19-12-27(24-39(34)56-43(48)53)25-45-26-36(50)30-17-20-35(49)41-31(30)18-21-40(51)46-41;;/h3-6,8-12,17-21,24,28-29,36,45,49-50H,7,13-16,22-23,25-26H2,1-2H3,(H,46,51);2*1H/t28?,29?,36-;;/m1../s1. The van der Waals surface area contributed by atoms with Crippen LogP contribution in [0.15, 0.2) is 105 Å². The number of hydrogen-bond donors (Lipinski definition) is 4. The van der Waals surface area contributed by atoms with Crippen molar-refractivity contribution in [3.8, 4) is 17.2 Å². The number of aryl methyl sites for hydroxylation is 1. The molecule has 1 aliphatic carbocycles. The lowest BCUT2D eigenvalue weighted by atomic mass is 9.74. The Hall–Kier alpha value is -5.83. The summed E-state index contributed by atoms with van der Waals surface area (Å²) in [6.45, 7) is 3.90. The van der Waals surface area contributed by atoms with E-state index < -0.39 is 17.3 Å². The molecule has 14 heteroatoms. The molecule has 0 unspecified atom stereocenters. The second-order valence-electron chi connectivity index (χ2n) is 15.1. The van der Waals surface area contributed by atoms with Crippen molar-refractivity contribution >= 4 is 28.0 Å². The Morgan fingerprint density at radius 1 is 0.966 bits per heavy atom. The molecular formula is C44H48F2N4O8. The first-order valence-electron chi connectivity index (χ1n) is 19.2. The van der Waals surface area contributed by atoms with Crippen LogP contribution in [0.1, 0.15) is 67.4 Å². The summed E-state index contributed by atoms with van der Waals surface area (Å²) in [5.41, 5.74) is 3.32. The smallest absolute Gasteiger partial charge is 0.419 e. The SMILES string of the molecule is CN(CCCn1c(=O)oc2cc(CNC[C@@H](O)c3ccc(O)c4[nH]c(=O)ccc34)ccc21)C1CCC(OC(=O)C2(C)c3ccccc3Oc3ccccc32)CC1.F.F. The fraction of sp³-hybridized carbons (Fsp3) is 0.341. The first kappa shape index (κ1) is 41.8. The first-order valence-corrected chi connectivity index (χ1v) is 19.2. The molecule has 4 aromatic carbocycles. The molecule has 0 spiro atoms. The molecule has 1 aliphatic heterocycles. The average Bonchev–Trinajstić information content (AvgIpc) is 3.52. The third-order valence-electron chi connectivity index (χ3n) is 11.6. The number of rotatable bonds is 12. The van der Waals surface area contributed by atoms with Gasteiger partial charge in [0.1, 0.15) is 28.8 Å². The minimum atomic E-state index is -0.965. The van der Waals surface area contributed by atoms with E-state index in [1.54, 1.807) is 16.7 Å². The zero-order valence-electron chi connectivity index (χ0n) is 32.3. The average molecular weight is 799 g/mol.